The average Bonchev–Trinajstić information content (AvgIpc) is 2.97. The first-order valence-electron chi connectivity index (χ1n) is 7.35. The number of ether oxygens (including phenoxy) is 1. The Morgan fingerprint density at radius 3 is 2.83 bits per heavy atom. The van der Waals surface area contributed by atoms with Crippen molar-refractivity contribution in [1.29, 1.82) is 0 Å². The summed E-state index contributed by atoms with van der Waals surface area (Å²) in [6, 6.07) is 0.294. The third kappa shape index (κ3) is 2.54. The molecule has 104 valence electrons. The van der Waals surface area contributed by atoms with Gasteiger partial charge in [0.05, 0.1) is 24.9 Å². The van der Waals surface area contributed by atoms with E-state index in [-0.39, 0.29) is 18.2 Å². The number of carbonyl (C=O) groups excluding carboxylic acids is 1. The van der Waals surface area contributed by atoms with E-state index in [1.54, 1.807) is 0 Å². The zero-order chi connectivity index (χ0) is 13.1. The predicted octanol–water partition coefficient (Wildman–Crippen LogP) is 1.75. The van der Waals surface area contributed by atoms with Crippen molar-refractivity contribution in [3.63, 3.8) is 0 Å². The normalized spacial score (nSPS) is 34.3. The second-order valence-electron chi connectivity index (χ2n) is 5.60. The van der Waals surface area contributed by atoms with Crippen molar-refractivity contribution in [2.75, 3.05) is 13.2 Å². The number of amides is 1. The predicted molar refractivity (Wildman–Crippen MR) is 71.1 cm³/mol. The topological polar surface area (TPSA) is 41.6 Å². The van der Waals surface area contributed by atoms with Gasteiger partial charge in [0.15, 0.2) is 0 Å². The van der Waals surface area contributed by atoms with E-state index in [0.717, 1.165) is 32.3 Å². The average molecular weight is 254 g/mol. The Labute approximate surface area is 110 Å². The highest BCUT2D eigenvalue weighted by atomic mass is 16.5. The van der Waals surface area contributed by atoms with Crippen molar-refractivity contribution in [3.05, 3.63) is 0 Å². The van der Waals surface area contributed by atoms with E-state index in [1.807, 2.05) is 0 Å². The summed E-state index contributed by atoms with van der Waals surface area (Å²) in [6.07, 6.45) is 4.38. The molecule has 1 amide bonds. The summed E-state index contributed by atoms with van der Waals surface area (Å²) in [5, 5.41) is 3.54. The molecule has 0 radical (unpaired) electrons. The molecule has 0 aromatic rings. The van der Waals surface area contributed by atoms with Gasteiger partial charge in [-0.25, -0.2) is 0 Å². The summed E-state index contributed by atoms with van der Waals surface area (Å²) in [6.45, 7) is 7.98. The van der Waals surface area contributed by atoms with Crippen LogP contribution in [0.2, 0.25) is 0 Å². The molecule has 4 unspecified atom stereocenters. The highest BCUT2D eigenvalue weighted by Crippen LogP contribution is 2.26. The van der Waals surface area contributed by atoms with Gasteiger partial charge in [-0.3, -0.25) is 10.1 Å². The van der Waals surface area contributed by atoms with Crippen LogP contribution >= 0.6 is 0 Å². The van der Waals surface area contributed by atoms with Gasteiger partial charge in [-0.1, -0.05) is 33.6 Å². The van der Waals surface area contributed by atoms with Crippen LogP contribution in [0.5, 0.6) is 0 Å². The fourth-order valence-corrected chi connectivity index (χ4v) is 2.99. The molecule has 0 bridgehead atoms. The van der Waals surface area contributed by atoms with E-state index in [0.29, 0.717) is 18.4 Å². The van der Waals surface area contributed by atoms with Crippen molar-refractivity contribution < 1.29 is 9.53 Å². The van der Waals surface area contributed by atoms with Crippen LogP contribution in [-0.2, 0) is 9.53 Å². The minimum absolute atomic E-state index is 0.00662. The molecule has 2 fully saturated rings. The third-order valence-electron chi connectivity index (χ3n) is 4.30. The SMILES string of the molecule is CCCC1NC(C(C)CC)C(=O)N1C1CCOC1. The number of nitrogens with zero attached hydrogens (tertiary/aromatic N) is 1. The van der Waals surface area contributed by atoms with Crippen molar-refractivity contribution in [2.45, 2.75) is 64.7 Å². The molecule has 18 heavy (non-hydrogen) atoms. The maximum atomic E-state index is 12.6. The summed E-state index contributed by atoms with van der Waals surface area (Å²) in [5.74, 6) is 0.697. The number of nitrogens with one attached hydrogen (secondary N) is 1. The van der Waals surface area contributed by atoms with E-state index >= 15 is 0 Å². The minimum atomic E-state index is 0.00662. The number of rotatable bonds is 5. The summed E-state index contributed by atoms with van der Waals surface area (Å²) in [5.41, 5.74) is 0. The van der Waals surface area contributed by atoms with Gasteiger partial charge in [0.25, 0.3) is 0 Å². The lowest BCUT2D eigenvalue weighted by Crippen LogP contribution is -2.45. The second kappa shape index (κ2) is 6.02. The number of hydrogen-bond donors (Lipinski definition) is 1. The molecule has 2 aliphatic rings. The molecule has 0 spiro atoms. The molecule has 2 heterocycles. The number of hydrogen-bond acceptors (Lipinski definition) is 3. The van der Waals surface area contributed by atoms with Crippen molar-refractivity contribution >= 4 is 5.91 Å². The molecule has 0 aliphatic carbocycles. The molecule has 0 saturated carbocycles. The number of carbonyl (C=O) groups is 1. The van der Waals surface area contributed by atoms with E-state index in [1.165, 1.54) is 0 Å². The maximum Gasteiger partial charge on any atom is 0.241 e. The van der Waals surface area contributed by atoms with Crippen LogP contribution in [0.1, 0.15) is 46.5 Å². The summed E-state index contributed by atoms with van der Waals surface area (Å²) < 4.78 is 5.44. The van der Waals surface area contributed by atoms with Gasteiger partial charge >= 0.3 is 0 Å². The lowest BCUT2D eigenvalue weighted by atomic mass is 9.99. The first-order chi connectivity index (χ1) is 8.69. The fourth-order valence-electron chi connectivity index (χ4n) is 2.99. The van der Waals surface area contributed by atoms with Crippen LogP contribution in [0, 0.1) is 5.92 Å². The zero-order valence-corrected chi connectivity index (χ0v) is 11.8. The molecule has 0 aromatic heterocycles. The minimum Gasteiger partial charge on any atom is -0.379 e. The van der Waals surface area contributed by atoms with Crippen molar-refractivity contribution in [2.24, 2.45) is 5.92 Å². The molecule has 0 aromatic carbocycles. The molecular weight excluding hydrogens is 228 g/mol. The van der Waals surface area contributed by atoms with Crippen LogP contribution in [0.4, 0.5) is 0 Å². The molecule has 4 nitrogen and oxygen atoms in total. The highest BCUT2D eigenvalue weighted by Gasteiger charge is 2.44. The van der Waals surface area contributed by atoms with E-state index in [2.05, 4.69) is 31.0 Å². The van der Waals surface area contributed by atoms with Gasteiger partial charge in [0, 0.05) is 6.61 Å². The smallest absolute Gasteiger partial charge is 0.241 e. The monoisotopic (exact) mass is 254 g/mol. The fraction of sp³-hybridized carbons (Fsp3) is 0.929. The molecule has 4 heteroatoms. The maximum absolute atomic E-state index is 12.6. The van der Waals surface area contributed by atoms with Gasteiger partial charge in [0.1, 0.15) is 0 Å². The van der Waals surface area contributed by atoms with Gasteiger partial charge in [-0.15, -0.1) is 0 Å². The largest absolute Gasteiger partial charge is 0.379 e. The summed E-state index contributed by atoms with van der Waals surface area (Å²) in [4.78, 5) is 14.7. The van der Waals surface area contributed by atoms with Crippen molar-refractivity contribution in [1.82, 2.24) is 10.2 Å². The van der Waals surface area contributed by atoms with Crippen LogP contribution in [0.15, 0.2) is 0 Å². The van der Waals surface area contributed by atoms with Crippen molar-refractivity contribution in [3.8, 4) is 0 Å². The van der Waals surface area contributed by atoms with Crippen LogP contribution < -0.4 is 5.32 Å². The molecule has 2 rings (SSSR count). The first-order valence-corrected chi connectivity index (χ1v) is 7.35. The third-order valence-corrected chi connectivity index (χ3v) is 4.30. The highest BCUT2D eigenvalue weighted by molar-refractivity contribution is 5.85. The molecule has 2 aliphatic heterocycles. The van der Waals surface area contributed by atoms with E-state index < -0.39 is 0 Å². The molecule has 1 N–H and O–H groups in total. The Kier molecular flexibility index (Phi) is 4.62. The Bertz CT molecular complexity index is 290. The summed E-state index contributed by atoms with van der Waals surface area (Å²) >= 11 is 0. The Morgan fingerprint density at radius 1 is 1.50 bits per heavy atom. The molecule has 2 saturated heterocycles. The quantitative estimate of drug-likeness (QED) is 0.812. The van der Waals surface area contributed by atoms with Gasteiger partial charge < -0.3 is 9.64 Å². The van der Waals surface area contributed by atoms with Gasteiger partial charge in [0.2, 0.25) is 5.91 Å². The lowest BCUT2D eigenvalue weighted by Gasteiger charge is -2.29. The second-order valence-corrected chi connectivity index (χ2v) is 5.60. The standard InChI is InChI=1S/C14H26N2O2/c1-4-6-12-15-13(10(3)5-2)14(17)16(12)11-7-8-18-9-11/h10-13,15H,4-9H2,1-3H3. The molecule has 4 atom stereocenters. The Morgan fingerprint density at radius 2 is 2.28 bits per heavy atom. The lowest BCUT2D eigenvalue weighted by molar-refractivity contribution is -0.133. The zero-order valence-electron chi connectivity index (χ0n) is 11.8. The van der Waals surface area contributed by atoms with Crippen LogP contribution in [0.25, 0.3) is 0 Å². The van der Waals surface area contributed by atoms with Crippen LogP contribution in [-0.4, -0.2) is 42.3 Å². The van der Waals surface area contributed by atoms with Gasteiger partial charge in [-0.05, 0) is 18.8 Å². The first kappa shape index (κ1) is 13.8. The van der Waals surface area contributed by atoms with Gasteiger partial charge in [-0.2, -0.15) is 0 Å². The Hall–Kier alpha value is -0.610. The molecular formula is C14H26N2O2. The van der Waals surface area contributed by atoms with E-state index in [9.17, 15) is 4.79 Å². The Balaban J connectivity index is 2.10. The van der Waals surface area contributed by atoms with Crippen LogP contribution in [0.3, 0.4) is 0 Å². The summed E-state index contributed by atoms with van der Waals surface area (Å²) in [7, 11) is 0. The van der Waals surface area contributed by atoms with E-state index in [4.69, 9.17) is 4.74 Å².